The first-order chi connectivity index (χ1) is 12.3. The second-order valence-electron chi connectivity index (χ2n) is 5.86. The Kier molecular flexibility index (Phi) is 6.57. The summed E-state index contributed by atoms with van der Waals surface area (Å²) in [5.74, 6) is -0.460. The summed E-state index contributed by atoms with van der Waals surface area (Å²) in [5.41, 5.74) is 2.28. The number of carbonyl (C=O) groups is 2. The van der Waals surface area contributed by atoms with Gasteiger partial charge >= 0.3 is 6.03 Å². The minimum absolute atomic E-state index is 0.364. The lowest BCUT2D eigenvalue weighted by Crippen LogP contribution is -2.39. The number of rotatable bonds is 5. The highest BCUT2D eigenvalue weighted by Crippen LogP contribution is 2.20. The maximum atomic E-state index is 12.3. The third-order valence-corrected chi connectivity index (χ3v) is 4.81. The van der Waals surface area contributed by atoms with Crippen LogP contribution in [0.2, 0.25) is 0 Å². The molecule has 0 spiro atoms. The lowest BCUT2D eigenvalue weighted by molar-refractivity contribution is -0.119. The van der Waals surface area contributed by atoms with Crippen molar-refractivity contribution in [1.82, 2.24) is 14.9 Å². The second kappa shape index (κ2) is 8.66. The Bertz CT molecular complexity index is 879. The number of nitrogens with one attached hydrogen (secondary N) is 2. The standard InChI is InChI=1S/C18H22N4O3S/c1-5-22-9-8-15(23)20-18(22)26-13(4)16(24)21-17(25)19-14-7-6-11(2)10-12(14)3/h6-10,13H,5H2,1-4H3,(H2,19,21,24,25). The topological polar surface area (TPSA) is 93.1 Å². The van der Waals surface area contributed by atoms with Crippen molar-refractivity contribution >= 4 is 29.4 Å². The van der Waals surface area contributed by atoms with Gasteiger partial charge in [-0.1, -0.05) is 29.5 Å². The first-order valence-electron chi connectivity index (χ1n) is 8.23. The predicted molar refractivity (Wildman–Crippen MR) is 103 cm³/mol. The van der Waals surface area contributed by atoms with Crippen LogP contribution in [-0.2, 0) is 11.3 Å². The van der Waals surface area contributed by atoms with Crippen molar-refractivity contribution in [2.45, 2.75) is 44.6 Å². The number of aryl methyl sites for hydroxylation is 3. The van der Waals surface area contributed by atoms with Crippen LogP contribution in [0.1, 0.15) is 25.0 Å². The normalized spacial score (nSPS) is 11.7. The molecule has 1 heterocycles. The number of carbonyl (C=O) groups excluding carboxylic acids is 2. The van der Waals surface area contributed by atoms with Crippen LogP contribution in [0.3, 0.4) is 0 Å². The molecule has 26 heavy (non-hydrogen) atoms. The predicted octanol–water partition coefficient (Wildman–Crippen LogP) is 2.71. The van der Waals surface area contributed by atoms with Crippen molar-refractivity contribution in [3.63, 3.8) is 0 Å². The van der Waals surface area contributed by atoms with Crippen LogP contribution in [-0.4, -0.2) is 26.7 Å². The zero-order chi connectivity index (χ0) is 19.3. The average molecular weight is 374 g/mol. The Balaban J connectivity index is 1.99. The van der Waals surface area contributed by atoms with E-state index in [0.29, 0.717) is 17.4 Å². The van der Waals surface area contributed by atoms with E-state index in [2.05, 4.69) is 15.6 Å². The van der Waals surface area contributed by atoms with Crippen LogP contribution < -0.4 is 16.2 Å². The quantitative estimate of drug-likeness (QED) is 0.620. The highest BCUT2D eigenvalue weighted by atomic mass is 32.2. The van der Waals surface area contributed by atoms with Gasteiger partial charge in [0.15, 0.2) is 5.16 Å². The summed E-state index contributed by atoms with van der Waals surface area (Å²) < 4.78 is 1.77. The molecule has 1 unspecified atom stereocenters. The number of aromatic nitrogens is 2. The molecule has 2 aromatic rings. The Hall–Kier alpha value is -2.61. The van der Waals surface area contributed by atoms with Gasteiger partial charge in [0.2, 0.25) is 5.91 Å². The fourth-order valence-electron chi connectivity index (χ4n) is 2.28. The van der Waals surface area contributed by atoms with Crippen molar-refractivity contribution in [1.29, 1.82) is 0 Å². The fraction of sp³-hybridized carbons (Fsp3) is 0.333. The van der Waals surface area contributed by atoms with Gasteiger partial charge in [0.25, 0.3) is 5.56 Å². The highest BCUT2D eigenvalue weighted by Gasteiger charge is 2.19. The molecule has 0 radical (unpaired) electrons. The van der Waals surface area contributed by atoms with Gasteiger partial charge in [-0.05, 0) is 39.3 Å². The summed E-state index contributed by atoms with van der Waals surface area (Å²) >= 11 is 1.13. The van der Waals surface area contributed by atoms with Crippen molar-refractivity contribution in [2.24, 2.45) is 0 Å². The van der Waals surface area contributed by atoms with E-state index in [0.717, 1.165) is 22.9 Å². The Morgan fingerprint density at radius 3 is 2.65 bits per heavy atom. The van der Waals surface area contributed by atoms with E-state index in [4.69, 9.17) is 0 Å². The molecule has 0 saturated heterocycles. The zero-order valence-corrected chi connectivity index (χ0v) is 16.0. The summed E-state index contributed by atoms with van der Waals surface area (Å²) in [4.78, 5) is 39.7. The molecule has 0 fully saturated rings. The number of nitrogens with zero attached hydrogens (tertiary/aromatic N) is 2. The van der Waals surface area contributed by atoms with Crippen LogP contribution >= 0.6 is 11.8 Å². The monoisotopic (exact) mass is 374 g/mol. The fourth-order valence-corrected chi connectivity index (χ4v) is 3.23. The largest absolute Gasteiger partial charge is 0.328 e. The molecule has 7 nitrogen and oxygen atoms in total. The summed E-state index contributed by atoms with van der Waals surface area (Å²) in [7, 11) is 0. The maximum absolute atomic E-state index is 12.3. The molecule has 3 amide bonds. The summed E-state index contributed by atoms with van der Waals surface area (Å²) in [6.45, 7) is 8.04. The molecular weight excluding hydrogens is 352 g/mol. The van der Waals surface area contributed by atoms with Gasteiger partial charge < -0.3 is 9.88 Å². The van der Waals surface area contributed by atoms with E-state index >= 15 is 0 Å². The molecule has 8 heteroatoms. The molecule has 1 atom stereocenters. The van der Waals surface area contributed by atoms with Gasteiger partial charge in [-0.25, -0.2) is 4.79 Å². The van der Waals surface area contributed by atoms with Crippen LogP contribution in [0.4, 0.5) is 10.5 Å². The molecule has 0 bridgehead atoms. The SMILES string of the molecule is CCn1ccc(=O)nc1SC(C)C(=O)NC(=O)Nc1ccc(C)cc1C. The molecule has 0 aliphatic carbocycles. The molecule has 0 saturated carbocycles. The van der Waals surface area contributed by atoms with Gasteiger partial charge in [0.1, 0.15) is 0 Å². The molecule has 2 rings (SSSR count). The number of benzene rings is 1. The molecule has 2 N–H and O–H groups in total. The van der Waals surface area contributed by atoms with Gasteiger partial charge in [0.05, 0.1) is 5.25 Å². The van der Waals surface area contributed by atoms with E-state index in [1.807, 2.05) is 32.9 Å². The summed E-state index contributed by atoms with van der Waals surface area (Å²) in [6, 6.07) is 6.40. The minimum Gasteiger partial charge on any atom is -0.328 e. The lowest BCUT2D eigenvalue weighted by Gasteiger charge is -2.14. The number of amides is 3. The Morgan fingerprint density at radius 2 is 2.00 bits per heavy atom. The van der Waals surface area contributed by atoms with Crippen LogP contribution in [0, 0.1) is 13.8 Å². The summed E-state index contributed by atoms with van der Waals surface area (Å²) in [6.07, 6.45) is 1.63. The first-order valence-corrected chi connectivity index (χ1v) is 9.11. The molecule has 1 aromatic heterocycles. The highest BCUT2D eigenvalue weighted by molar-refractivity contribution is 8.00. The zero-order valence-electron chi connectivity index (χ0n) is 15.2. The van der Waals surface area contributed by atoms with Crippen molar-refractivity contribution in [3.8, 4) is 0 Å². The van der Waals surface area contributed by atoms with Crippen LogP contribution in [0.5, 0.6) is 0 Å². The van der Waals surface area contributed by atoms with E-state index in [1.165, 1.54) is 6.07 Å². The van der Waals surface area contributed by atoms with Crippen molar-refractivity contribution in [2.75, 3.05) is 5.32 Å². The number of imide groups is 1. The van der Waals surface area contributed by atoms with E-state index in [9.17, 15) is 14.4 Å². The molecule has 1 aromatic carbocycles. The number of hydrogen-bond donors (Lipinski definition) is 2. The molecule has 138 valence electrons. The average Bonchev–Trinajstić information content (AvgIpc) is 2.57. The smallest absolute Gasteiger partial charge is 0.325 e. The maximum Gasteiger partial charge on any atom is 0.325 e. The van der Waals surface area contributed by atoms with Gasteiger partial charge in [-0.3, -0.25) is 14.9 Å². The third kappa shape index (κ3) is 5.19. The van der Waals surface area contributed by atoms with Gasteiger partial charge in [0, 0.05) is 24.5 Å². The Morgan fingerprint density at radius 1 is 1.27 bits per heavy atom. The van der Waals surface area contributed by atoms with Gasteiger partial charge in [-0.15, -0.1) is 0 Å². The van der Waals surface area contributed by atoms with Crippen molar-refractivity contribution < 1.29 is 9.59 Å². The molecule has 0 aliphatic rings. The number of thioether (sulfide) groups is 1. The lowest BCUT2D eigenvalue weighted by atomic mass is 10.1. The van der Waals surface area contributed by atoms with Crippen molar-refractivity contribution in [3.05, 3.63) is 51.9 Å². The van der Waals surface area contributed by atoms with E-state index < -0.39 is 17.2 Å². The summed E-state index contributed by atoms with van der Waals surface area (Å²) in [5, 5.41) is 4.84. The number of hydrogen-bond acceptors (Lipinski definition) is 5. The van der Waals surface area contributed by atoms with E-state index in [1.54, 1.807) is 23.8 Å². The minimum atomic E-state index is -0.594. The third-order valence-electron chi connectivity index (χ3n) is 3.71. The molecule has 0 aliphatic heterocycles. The Labute approximate surface area is 156 Å². The van der Waals surface area contributed by atoms with Crippen LogP contribution in [0.25, 0.3) is 0 Å². The second-order valence-corrected chi connectivity index (χ2v) is 7.16. The number of anilines is 1. The van der Waals surface area contributed by atoms with Gasteiger partial charge in [-0.2, -0.15) is 4.98 Å². The number of urea groups is 1. The molecular formula is C18H22N4O3S. The first kappa shape index (κ1) is 19.7. The van der Waals surface area contributed by atoms with Crippen LogP contribution in [0.15, 0.2) is 40.4 Å². The van der Waals surface area contributed by atoms with E-state index in [-0.39, 0.29) is 5.56 Å².